The Balaban J connectivity index is 2.47. The van der Waals surface area contributed by atoms with Gasteiger partial charge < -0.3 is 5.73 Å². The van der Waals surface area contributed by atoms with E-state index in [1.807, 2.05) is 55.5 Å². The molecule has 3 N–H and O–H groups in total. The van der Waals surface area contributed by atoms with E-state index in [0.717, 1.165) is 21.3 Å². The fraction of sp³-hybridized carbons (Fsp3) is 0.0667. The Morgan fingerprint density at radius 3 is 2.45 bits per heavy atom. The first kappa shape index (κ1) is 14.7. The van der Waals surface area contributed by atoms with Crippen molar-refractivity contribution in [2.75, 3.05) is 0 Å². The first-order chi connectivity index (χ1) is 9.56. The molecule has 0 amide bonds. The molecule has 0 bridgehead atoms. The number of hydrogen-bond acceptors (Lipinski definition) is 2. The van der Waals surface area contributed by atoms with Gasteiger partial charge in [0.15, 0.2) is 5.11 Å². The van der Waals surface area contributed by atoms with Gasteiger partial charge in [0.1, 0.15) is 0 Å². The SMILES string of the molecule is Cc1ccc(/C(=N\NC(N)=S)c2cccc(Br)c2)cc1. The molecular weight excluding hydrogens is 334 g/mol. The maximum Gasteiger partial charge on any atom is 0.184 e. The van der Waals surface area contributed by atoms with Crippen molar-refractivity contribution < 1.29 is 0 Å². The molecular formula is C15H14BrN3S. The molecule has 0 saturated carbocycles. The standard InChI is InChI=1S/C15H14BrN3S/c1-10-5-7-11(8-6-10)14(18-19-15(17)20)12-3-2-4-13(16)9-12/h2-9H,1H3,(H3,17,19,20)/b18-14+. The van der Waals surface area contributed by atoms with E-state index in [2.05, 4.69) is 26.5 Å². The van der Waals surface area contributed by atoms with Crippen molar-refractivity contribution in [3.63, 3.8) is 0 Å². The zero-order valence-electron chi connectivity index (χ0n) is 10.9. The Kier molecular flexibility index (Phi) is 4.87. The summed E-state index contributed by atoms with van der Waals surface area (Å²) < 4.78 is 0.991. The molecule has 0 spiro atoms. The molecule has 5 heteroatoms. The molecule has 102 valence electrons. The van der Waals surface area contributed by atoms with Crippen LogP contribution in [0.15, 0.2) is 58.1 Å². The van der Waals surface area contributed by atoms with Gasteiger partial charge in [-0.15, -0.1) is 0 Å². The largest absolute Gasteiger partial charge is 0.375 e. The minimum Gasteiger partial charge on any atom is -0.375 e. The predicted octanol–water partition coefficient (Wildman–Crippen LogP) is 3.34. The van der Waals surface area contributed by atoms with Crippen LogP contribution in [0.3, 0.4) is 0 Å². The summed E-state index contributed by atoms with van der Waals surface area (Å²) in [5, 5.41) is 4.46. The van der Waals surface area contributed by atoms with E-state index in [1.54, 1.807) is 0 Å². The molecule has 20 heavy (non-hydrogen) atoms. The van der Waals surface area contributed by atoms with Crippen molar-refractivity contribution in [2.24, 2.45) is 10.8 Å². The topological polar surface area (TPSA) is 50.4 Å². The van der Waals surface area contributed by atoms with Gasteiger partial charge in [-0.05, 0) is 31.3 Å². The van der Waals surface area contributed by atoms with Gasteiger partial charge in [0.25, 0.3) is 0 Å². The molecule has 0 aliphatic heterocycles. The molecule has 0 heterocycles. The second-order valence-electron chi connectivity index (χ2n) is 4.31. The summed E-state index contributed by atoms with van der Waals surface area (Å²) in [5.41, 5.74) is 12.1. The number of halogens is 1. The summed E-state index contributed by atoms with van der Waals surface area (Å²) in [7, 11) is 0. The van der Waals surface area contributed by atoms with Crippen LogP contribution >= 0.6 is 28.1 Å². The lowest BCUT2D eigenvalue weighted by atomic mass is 10.0. The number of nitrogens with two attached hydrogens (primary N) is 1. The van der Waals surface area contributed by atoms with Crippen molar-refractivity contribution in [3.8, 4) is 0 Å². The Labute approximate surface area is 132 Å². The number of hydrogen-bond donors (Lipinski definition) is 2. The van der Waals surface area contributed by atoms with Crippen LogP contribution in [-0.2, 0) is 0 Å². The molecule has 2 aromatic carbocycles. The highest BCUT2D eigenvalue weighted by Gasteiger charge is 2.08. The Morgan fingerprint density at radius 1 is 1.15 bits per heavy atom. The maximum atomic E-state index is 5.45. The van der Waals surface area contributed by atoms with Gasteiger partial charge in [0.05, 0.1) is 5.71 Å². The zero-order valence-corrected chi connectivity index (χ0v) is 13.3. The number of rotatable bonds is 3. The van der Waals surface area contributed by atoms with Crippen LogP contribution in [0.5, 0.6) is 0 Å². The monoisotopic (exact) mass is 347 g/mol. The molecule has 0 aromatic heterocycles. The maximum absolute atomic E-state index is 5.45. The minimum atomic E-state index is 0.143. The van der Waals surface area contributed by atoms with Crippen molar-refractivity contribution >= 4 is 39.0 Å². The van der Waals surface area contributed by atoms with E-state index >= 15 is 0 Å². The lowest BCUT2D eigenvalue weighted by Gasteiger charge is -2.09. The van der Waals surface area contributed by atoms with Crippen LogP contribution in [0.1, 0.15) is 16.7 Å². The molecule has 0 atom stereocenters. The smallest absolute Gasteiger partial charge is 0.184 e. The van der Waals surface area contributed by atoms with Gasteiger partial charge in [0.2, 0.25) is 0 Å². The predicted molar refractivity (Wildman–Crippen MR) is 90.9 cm³/mol. The normalized spacial score (nSPS) is 11.2. The van der Waals surface area contributed by atoms with Gasteiger partial charge in [-0.25, -0.2) is 0 Å². The minimum absolute atomic E-state index is 0.143. The summed E-state index contributed by atoms with van der Waals surface area (Å²) in [5.74, 6) is 0. The van der Waals surface area contributed by atoms with Crippen LogP contribution in [0.2, 0.25) is 0 Å². The van der Waals surface area contributed by atoms with E-state index in [-0.39, 0.29) is 5.11 Å². The van der Waals surface area contributed by atoms with Crippen molar-refractivity contribution in [1.29, 1.82) is 0 Å². The van der Waals surface area contributed by atoms with E-state index in [4.69, 9.17) is 18.0 Å². The first-order valence-corrected chi connectivity index (χ1v) is 7.22. The van der Waals surface area contributed by atoms with Crippen LogP contribution in [-0.4, -0.2) is 10.8 Å². The highest BCUT2D eigenvalue weighted by atomic mass is 79.9. The van der Waals surface area contributed by atoms with E-state index in [9.17, 15) is 0 Å². The Hall–Kier alpha value is -1.72. The van der Waals surface area contributed by atoms with Crippen molar-refractivity contribution in [2.45, 2.75) is 6.92 Å². The third-order valence-electron chi connectivity index (χ3n) is 2.70. The third-order valence-corrected chi connectivity index (χ3v) is 3.29. The molecule has 2 aromatic rings. The summed E-state index contributed by atoms with van der Waals surface area (Å²) in [6.07, 6.45) is 0. The number of hydrazone groups is 1. The number of aryl methyl sites for hydroxylation is 1. The number of thiocarbonyl (C=S) groups is 1. The van der Waals surface area contributed by atoms with Gasteiger partial charge >= 0.3 is 0 Å². The van der Waals surface area contributed by atoms with Crippen LogP contribution < -0.4 is 11.2 Å². The van der Waals surface area contributed by atoms with E-state index < -0.39 is 0 Å². The Bertz CT molecular complexity index is 650. The average Bonchev–Trinajstić information content (AvgIpc) is 2.41. The second-order valence-corrected chi connectivity index (χ2v) is 5.67. The Morgan fingerprint density at radius 2 is 1.85 bits per heavy atom. The third kappa shape index (κ3) is 3.88. The highest BCUT2D eigenvalue weighted by Crippen LogP contribution is 2.16. The molecule has 0 fully saturated rings. The average molecular weight is 348 g/mol. The quantitative estimate of drug-likeness (QED) is 0.508. The van der Waals surface area contributed by atoms with E-state index in [1.165, 1.54) is 5.56 Å². The number of nitrogens with one attached hydrogen (secondary N) is 1. The highest BCUT2D eigenvalue weighted by molar-refractivity contribution is 9.10. The van der Waals surface area contributed by atoms with Crippen LogP contribution in [0, 0.1) is 6.92 Å². The summed E-state index contributed by atoms with van der Waals surface area (Å²) >= 11 is 8.28. The van der Waals surface area contributed by atoms with Gasteiger partial charge in [-0.3, -0.25) is 5.43 Å². The fourth-order valence-corrected chi connectivity index (χ4v) is 2.20. The van der Waals surface area contributed by atoms with Crippen LogP contribution in [0.4, 0.5) is 0 Å². The molecule has 0 aliphatic rings. The number of nitrogens with zero attached hydrogens (tertiary/aromatic N) is 1. The summed E-state index contributed by atoms with van der Waals surface area (Å²) in [4.78, 5) is 0. The van der Waals surface area contributed by atoms with Gasteiger partial charge in [-0.2, -0.15) is 5.10 Å². The van der Waals surface area contributed by atoms with E-state index in [0.29, 0.717) is 0 Å². The van der Waals surface area contributed by atoms with Gasteiger partial charge in [-0.1, -0.05) is 57.9 Å². The van der Waals surface area contributed by atoms with Crippen molar-refractivity contribution in [1.82, 2.24) is 5.43 Å². The molecule has 0 saturated heterocycles. The first-order valence-electron chi connectivity index (χ1n) is 6.02. The fourth-order valence-electron chi connectivity index (χ4n) is 1.75. The molecule has 2 rings (SSSR count). The summed E-state index contributed by atoms with van der Waals surface area (Å²) in [6.45, 7) is 2.05. The summed E-state index contributed by atoms with van der Waals surface area (Å²) in [6, 6.07) is 16.1. The lowest BCUT2D eigenvalue weighted by molar-refractivity contribution is 1.03. The zero-order chi connectivity index (χ0) is 14.5. The van der Waals surface area contributed by atoms with Crippen molar-refractivity contribution in [3.05, 3.63) is 69.7 Å². The van der Waals surface area contributed by atoms with Gasteiger partial charge in [0, 0.05) is 15.6 Å². The lowest BCUT2D eigenvalue weighted by Crippen LogP contribution is -2.26. The number of benzene rings is 2. The second kappa shape index (κ2) is 6.63. The molecule has 0 aliphatic carbocycles. The van der Waals surface area contributed by atoms with Crippen LogP contribution in [0.25, 0.3) is 0 Å². The molecule has 0 radical (unpaired) electrons. The molecule has 0 unspecified atom stereocenters. The molecule has 3 nitrogen and oxygen atoms in total.